The molecule has 0 amide bonds. The molecule has 0 bridgehead atoms. The highest BCUT2D eigenvalue weighted by Gasteiger charge is 2.38. The van der Waals surface area contributed by atoms with Crippen LogP contribution in [0.25, 0.3) is 0 Å². The van der Waals surface area contributed by atoms with Gasteiger partial charge in [-0.05, 0) is 84.1 Å². The van der Waals surface area contributed by atoms with Crippen molar-refractivity contribution in [3.63, 3.8) is 0 Å². The van der Waals surface area contributed by atoms with E-state index in [2.05, 4.69) is 26.1 Å². The molecule has 5 N–H and O–H groups in total. The van der Waals surface area contributed by atoms with E-state index in [9.17, 15) is 24.9 Å². The molecule has 0 spiro atoms. The molecule has 11 nitrogen and oxygen atoms in total. The lowest BCUT2D eigenvalue weighted by Gasteiger charge is -2.36. The number of Topliss-reactive ketones (excluding diaryl/α,β-unsaturated/α-hetero) is 1. The van der Waals surface area contributed by atoms with Crippen molar-refractivity contribution in [1.82, 2.24) is 5.32 Å². The third kappa shape index (κ3) is 18.2. The van der Waals surface area contributed by atoms with E-state index in [1.54, 1.807) is 28.0 Å². The second-order valence-electron chi connectivity index (χ2n) is 15.4. The molecule has 2 aliphatic rings. The maximum absolute atomic E-state index is 12.7. The van der Waals surface area contributed by atoms with Gasteiger partial charge in [-0.1, -0.05) is 62.3 Å². The molecule has 2 saturated heterocycles. The van der Waals surface area contributed by atoms with E-state index < -0.39 is 48.0 Å². The van der Waals surface area contributed by atoms with Gasteiger partial charge in [0, 0.05) is 31.6 Å². The minimum atomic E-state index is -1.05. The van der Waals surface area contributed by atoms with Crippen LogP contribution in [0.1, 0.15) is 122 Å². The summed E-state index contributed by atoms with van der Waals surface area (Å²) in [6.45, 7) is 26.4. The Labute approximate surface area is 299 Å². The molecule has 0 saturated carbocycles. The van der Waals surface area contributed by atoms with E-state index in [0.29, 0.717) is 24.4 Å². The molecule has 294 valence electrons. The molecule has 11 heteroatoms. The second-order valence-corrected chi connectivity index (χ2v) is 15.4. The molecule has 2 rings (SSSR count). The summed E-state index contributed by atoms with van der Waals surface area (Å²) >= 11 is 0. The molecular weight excluding hydrogens is 630 g/mol. The summed E-state index contributed by atoms with van der Waals surface area (Å²) in [5.41, 5.74) is -0.106. The molecule has 0 radical (unpaired) electrons. The largest absolute Gasteiger partial charge is 0.469 e. The quantitative estimate of drug-likeness (QED) is 0.161. The van der Waals surface area contributed by atoms with Gasteiger partial charge in [-0.25, -0.2) is 0 Å². The molecule has 0 aromatic rings. The van der Waals surface area contributed by atoms with E-state index in [0.717, 1.165) is 13.0 Å². The van der Waals surface area contributed by atoms with Crippen molar-refractivity contribution in [2.75, 3.05) is 27.9 Å². The van der Waals surface area contributed by atoms with Crippen LogP contribution < -0.4 is 5.32 Å². The van der Waals surface area contributed by atoms with E-state index in [4.69, 9.17) is 24.1 Å². The molecule has 49 heavy (non-hydrogen) atoms. The number of rotatable bonds is 13. The SMILES string of the molecule is CC.CNC1C[C@@H](C)OC(O)[C@@H]1O.COC(=O)[C@H](C)[C@@H](O)[C@H](C)C[C@@](C)(C[C@@H](C)C(=O)[C@H](C)C(O)C(C)C)OC.C[C@H]1CC(C)(C)CCO1. The number of carbonyl (C=O) groups is 2. The number of carbonyl (C=O) groups excluding carboxylic acids is 2. The maximum atomic E-state index is 12.7. The van der Waals surface area contributed by atoms with E-state index in [-0.39, 0.29) is 35.7 Å². The molecule has 2 aliphatic heterocycles. The number of aliphatic hydroxyl groups excluding tert-OH is 4. The Hall–Kier alpha value is -1.18. The van der Waals surface area contributed by atoms with Crippen LogP contribution in [-0.4, -0.2) is 109 Å². The number of hydrogen-bond acceptors (Lipinski definition) is 11. The zero-order valence-electron chi connectivity index (χ0n) is 33.9. The Kier molecular flexibility index (Phi) is 24.6. The molecule has 0 aromatic carbocycles. The summed E-state index contributed by atoms with van der Waals surface area (Å²) in [6, 6.07) is -0.0613. The number of esters is 1. The van der Waals surface area contributed by atoms with Gasteiger partial charge in [0.25, 0.3) is 0 Å². The molecule has 3 unspecified atom stereocenters. The first kappa shape index (κ1) is 49.9. The van der Waals surface area contributed by atoms with Crippen LogP contribution in [0.2, 0.25) is 0 Å². The maximum Gasteiger partial charge on any atom is 0.311 e. The second kappa shape index (κ2) is 24.1. The lowest BCUT2D eigenvalue weighted by atomic mass is 9.77. The average molecular weight is 708 g/mol. The summed E-state index contributed by atoms with van der Waals surface area (Å²) in [7, 11) is 4.65. The zero-order chi connectivity index (χ0) is 38.9. The van der Waals surface area contributed by atoms with Gasteiger partial charge in [-0.3, -0.25) is 9.59 Å². The molecule has 2 fully saturated rings. The predicted octanol–water partition coefficient (Wildman–Crippen LogP) is 5.14. The van der Waals surface area contributed by atoms with Crippen LogP contribution in [0.5, 0.6) is 0 Å². The summed E-state index contributed by atoms with van der Waals surface area (Å²) in [5, 5.41) is 42.0. The smallest absolute Gasteiger partial charge is 0.311 e. The highest BCUT2D eigenvalue weighted by Crippen LogP contribution is 2.33. The van der Waals surface area contributed by atoms with Crippen molar-refractivity contribution in [2.24, 2.45) is 35.0 Å². The molecular formula is C38H77NO10. The average Bonchev–Trinajstić information content (AvgIpc) is 3.04. The Morgan fingerprint density at radius 1 is 0.939 bits per heavy atom. The third-order valence-electron chi connectivity index (χ3n) is 9.84. The van der Waals surface area contributed by atoms with Gasteiger partial charge < -0.3 is 44.7 Å². The van der Waals surface area contributed by atoms with Gasteiger partial charge in [0.05, 0.1) is 43.0 Å². The number of hydrogen-bond donors (Lipinski definition) is 5. The van der Waals surface area contributed by atoms with E-state index >= 15 is 0 Å². The Balaban J connectivity index is 0. The Morgan fingerprint density at radius 3 is 1.90 bits per heavy atom. The van der Waals surface area contributed by atoms with Crippen LogP contribution >= 0.6 is 0 Å². The van der Waals surface area contributed by atoms with Crippen LogP contribution in [0, 0.1) is 35.0 Å². The minimum absolute atomic E-state index is 0.00542. The number of aliphatic hydroxyl groups is 4. The van der Waals surface area contributed by atoms with E-state index in [1.807, 2.05) is 55.4 Å². The highest BCUT2D eigenvalue weighted by atomic mass is 16.6. The summed E-state index contributed by atoms with van der Waals surface area (Å²) in [4.78, 5) is 24.4. The highest BCUT2D eigenvalue weighted by molar-refractivity contribution is 5.83. The van der Waals surface area contributed by atoms with Crippen molar-refractivity contribution in [3.8, 4) is 0 Å². The number of nitrogens with one attached hydrogen (secondary N) is 1. The van der Waals surface area contributed by atoms with Crippen molar-refractivity contribution in [3.05, 3.63) is 0 Å². The zero-order valence-corrected chi connectivity index (χ0v) is 33.9. The summed E-state index contributed by atoms with van der Waals surface area (Å²) in [5.74, 6) is -2.01. The fourth-order valence-corrected chi connectivity index (χ4v) is 6.65. The first-order chi connectivity index (χ1) is 22.6. The Morgan fingerprint density at radius 2 is 1.49 bits per heavy atom. The number of methoxy groups -OCH3 is 2. The lowest BCUT2D eigenvalue weighted by molar-refractivity contribution is -0.219. The third-order valence-corrected chi connectivity index (χ3v) is 9.84. The van der Waals surface area contributed by atoms with Gasteiger partial charge >= 0.3 is 5.97 Å². The monoisotopic (exact) mass is 708 g/mol. The molecule has 0 aliphatic carbocycles. The number of likely N-dealkylation sites (N-methyl/N-ethyl adjacent to an activating group) is 1. The first-order valence-electron chi connectivity index (χ1n) is 18.4. The van der Waals surface area contributed by atoms with Crippen molar-refractivity contribution in [2.45, 2.75) is 171 Å². The van der Waals surface area contributed by atoms with Crippen molar-refractivity contribution >= 4 is 11.8 Å². The predicted molar refractivity (Wildman–Crippen MR) is 195 cm³/mol. The molecule has 0 aromatic heterocycles. The summed E-state index contributed by atoms with van der Waals surface area (Å²) in [6.07, 6.45) is 1.23. The minimum Gasteiger partial charge on any atom is -0.469 e. The van der Waals surface area contributed by atoms with Crippen LogP contribution in [0.3, 0.4) is 0 Å². The van der Waals surface area contributed by atoms with Gasteiger partial charge in [0.2, 0.25) is 0 Å². The van der Waals surface area contributed by atoms with Gasteiger partial charge in [0.15, 0.2) is 6.29 Å². The standard InChI is InChI=1S/C21H40O6.C8H16O.C7H15NO3.C2H6/c1-12(2)17(22)15(5)18(23)13(3)10-21(7,27-9)11-14(4)19(24)16(6)20(25)26-8;1-7-6-8(2,3)4-5-9-7;1-4-3-5(8-2)6(9)7(10)11-4;1-2/h12-17,19,22,24H,10-11H2,1-9H3;7H,4-6H2,1-3H3;4-10H,3H2,1-2H3;1-2H3/t13-,14-,15-,16-,17?,19+,21-;7-;4-,5?,6-,7?;/m101./s1. The number of ether oxygens (including phenoxy) is 4. The fourth-order valence-electron chi connectivity index (χ4n) is 6.65. The van der Waals surface area contributed by atoms with Crippen molar-refractivity contribution < 1.29 is 49.0 Å². The molecule has 12 atom stereocenters. The number of ketones is 1. The van der Waals surface area contributed by atoms with Crippen molar-refractivity contribution in [1.29, 1.82) is 0 Å². The van der Waals surface area contributed by atoms with E-state index in [1.165, 1.54) is 20.0 Å². The fraction of sp³-hybridized carbons (Fsp3) is 0.947. The van der Waals surface area contributed by atoms with Gasteiger partial charge in [0.1, 0.15) is 11.9 Å². The summed E-state index contributed by atoms with van der Waals surface area (Å²) < 4.78 is 20.8. The Bertz CT molecular complexity index is 902. The van der Waals surface area contributed by atoms with Gasteiger partial charge in [-0.15, -0.1) is 0 Å². The first-order valence-corrected chi connectivity index (χ1v) is 18.4. The van der Waals surface area contributed by atoms with Crippen LogP contribution in [-0.2, 0) is 28.5 Å². The van der Waals surface area contributed by atoms with Gasteiger partial charge in [-0.2, -0.15) is 0 Å². The molecule has 2 heterocycles. The lowest BCUT2D eigenvalue weighted by Crippen LogP contribution is -2.52. The van der Waals surface area contributed by atoms with Crippen LogP contribution in [0.4, 0.5) is 0 Å². The topological polar surface area (TPSA) is 164 Å². The normalized spacial score (nSPS) is 28.2. The van der Waals surface area contributed by atoms with Crippen LogP contribution in [0.15, 0.2) is 0 Å².